The van der Waals surface area contributed by atoms with Gasteiger partial charge in [-0.3, -0.25) is 19.1 Å². The van der Waals surface area contributed by atoms with Crippen molar-refractivity contribution in [2.75, 3.05) is 12.3 Å². The number of amides is 1. The number of primary amides is 1. The normalized spacial score (nSPS) is 23.5. The number of rotatable bonds is 3. The van der Waals surface area contributed by atoms with E-state index < -0.39 is 42.5 Å². The van der Waals surface area contributed by atoms with Gasteiger partial charge in [-0.1, -0.05) is 0 Å². The Hall–Kier alpha value is -2.99. The molecule has 0 aromatic carbocycles. The molecule has 0 saturated carbocycles. The van der Waals surface area contributed by atoms with E-state index in [-0.39, 0.29) is 23.5 Å². The first-order chi connectivity index (χ1) is 11.4. The summed E-state index contributed by atoms with van der Waals surface area (Å²) >= 11 is 0. The number of aromatic nitrogens is 4. The Labute approximate surface area is 133 Å². The third-order valence-corrected chi connectivity index (χ3v) is 3.58. The van der Waals surface area contributed by atoms with Crippen LogP contribution in [-0.4, -0.2) is 55.3 Å². The molecule has 24 heavy (non-hydrogen) atoms. The molecular weight excluding hydrogens is 324 g/mol. The van der Waals surface area contributed by atoms with Crippen LogP contribution in [0, 0.1) is 0 Å². The molecule has 0 bridgehead atoms. The Kier molecular flexibility index (Phi) is 3.91. The van der Waals surface area contributed by atoms with Gasteiger partial charge in [0.1, 0.15) is 18.4 Å². The standard InChI is InChI=1S/C12H14N6O6/c13-8(20)11(22)24-4-1-6(23-5(4)2-19)18-3-15-7-9(18)16-12(14)17-10(7)21/h3-6,19H,1-2H2,(H2,13,20)(H3,14,16,17,21)/t4-,5+,6+/m0/s1. The molecule has 3 atom stereocenters. The quantitative estimate of drug-likeness (QED) is 0.343. The zero-order valence-electron chi connectivity index (χ0n) is 12.2. The number of aliphatic hydroxyl groups excluding tert-OH is 1. The first-order valence-electron chi connectivity index (χ1n) is 6.89. The van der Waals surface area contributed by atoms with Crippen molar-refractivity contribution < 1.29 is 24.2 Å². The largest absolute Gasteiger partial charge is 0.452 e. The lowest BCUT2D eigenvalue weighted by Gasteiger charge is -2.15. The molecule has 2 aromatic rings. The molecule has 1 aliphatic rings. The smallest absolute Gasteiger partial charge is 0.396 e. The number of hydrogen-bond acceptors (Lipinski definition) is 9. The van der Waals surface area contributed by atoms with Crippen molar-refractivity contribution in [2.24, 2.45) is 5.73 Å². The van der Waals surface area contributed by atoms with Gasteiger partial charge in [0.25, 0.3) is 5.56 Å². The van der Waals surface area contributed by atoms with Gasteiger partial charge >= 0.3 is 11.9 Å². The molecule has 1 fully saturated rings. The Morgan fingerprint density at radius 1 is 1.54 bits per heavy atom. The Morgan fingerprint density at radius 3 is 2.96 bits per heavy atom. The number of hydrogen-bond donors (Lipinski definition) is 4. The number of ether oxygens (including phenoxy) is 2. The molecule has 0 spiro atoms. The number of aromatic amines is 1. The highest BCUT2D eigenvalue weighted by Gasteiger charge is 2.40. The van der Waals surface area contributed by atoms with E-state index in [1.165, 1.54) is 10.9 Å². The lowest BCUT2D eigenvalue weighted by molar-refractivity contribution is -0.160. The number of esters is 1. The van der Waals surface area contributed by atoms with Crippen LogP contribution >= 0.6 is 0 Å². The predicted octanol–water partition coefficient (Wildman–Crippen LogP) is -2.62. The number of nitrogens with two attached hydrogens (primary N) is 2. The van der Waals surface area contributed by atoms with E-state index >= 15 is 0 Å². The number of nitrogens with zero attached hydrogens (tertiary/aromatic N) is 3. The van der Waals surface area contributed by atoms with Crippen LogP contribution in [0.1, 0.15) is 12.6 Å². The van der Waals surface area contributed by atoms with Crippen LogP contribution in [0.25, 0.3) is 11.2 Å². The van der Waals surface area contributed by atoms with Crippen LogP contribution in [0.15, 0.2) is 11.1 Å². The SMILES string of the molecule is NC(=O)C(=O)O[C@H]1C[C@H](n2cnc3c(=O)[nH]c(N)nc32)O[C@@H]1CO. The van der Waals surface area contributed by atoms with Gasteiger partial charge < -0.3 is 26.0 Å². The number of nitrogen functional groups attached to an aromatic ring is 1. The maximum absolute atomic E-state index is 11.8. The van der Waals surface area contributed by atoms with Crippen molar-refractivity contribution in [2.45, 2.75) is 24.9 Å². The minimum Gasteiger partial charge on any atom is -0.452 e. The summed E-state index contributed by atoms with van der Waals surface area (Å²) in [7, 11) is 0. The van der Waals surface area contributed by atoms with E-state index in [1.54, 1.807) is 0 Å². The molecule has 128 valence electrons. The summed E-state index contributed by atoms with van der Waals surface area (Å²) in [5, 5.41) is 9.36. The van der Waals surface area contributed by atoms with Gasteiger partial charge in [0.15, 0.2) is 11.2 Å². The summed E-state index contributed by atoms with van der Waals surface area (Å²) < 4.78 is 11.9. The van der Waals surface area contributed by atoms with E-state index in [4.69, 9.17) is 20.9 Å². The van der Waals surface area contributed by atoms with Crippen LogP contribution in [0.5, 0.6) is 0 Å². The van der Waals surface area contributed by atoms with E-state index in [0.29, 0.717) is 0 Å². The van der Waals surface area contributed by atoms with Crippen molar-refractivity contribution in [1.82, 2.24) is 19.5 Å². The number of carbonyl (C=O) groups excluding carboxylic acids is 2. The number of carbonyl (C=O) groups is 2. The summed E-state index contributed by atoms with van der Waals surface area (Å²) in [6.45, 7) is -0.448. The summed E-state index contributed by atoms with van der Waals surface area (Å²) in [6, 6.07) is 0. The van der Waals surface area contributed by atoms with Gasteiger partial charge in [-0.05, 0) is 0 Å². The zero-order valence-corrected chi connectivity index (χ0v) is 12.2. The monoisotopic (exact) mass is 338 g/mol. The molecule has 0 radical (unpaired) electrons. The topological polar surface area (TPSA) is 188 Å². The highest BCUT2D eigenvalue weighted by molar-refractivity contribution is 6.31. The van der Waals surface area contributed by atoms with Gasteiger partial charge in [0.05, 0.1) is 12.9 Å². The Morgan fingerprint density at radius 2 is 2.29 bits per heavy atom. The number of fused-ring (bicyclic) bond motifs is 1. The molecule has 6 N–H and O–H groups in total. The second-order valence-corrected chi connectivity index (χ2v) is 5.13. The fourth-order valence-electron chi connectivity index (χ4n) is 2.51. The molecular formula is C12H14N6O6. The van der Waals surface area contributed by atoms with Crippen molar-refractivity contribution in [1.29, 1.82) is 0 Å². The molecule has 0 aliphatic carbocycles. The maximum atomic E-state index is 11.8. The molecule has 12 nitrogen and oxygen atoms in total. The van der Waals surface area contributed by atoms with Crippen molar-refractivity contribution >= 4 is 29.0 Å². The van der Waals surface area contributed by atoms with Crippen molar-refractivity contribution in [3.05, 3.63) is 16.7 Å². The first-order valence-corrected chi connectivity index (χ1v) is 6.89. The lowest BCUT2D eigenvalue weighted by atomic mass is 10.2. The Balaban J connectivity index is 1.90. The predicted molar refractivity (Wildman–Crippen MR) is 77.2 cm³/mol. The number of H-pyrrole nitrogens is 1. The minimum absolute atomic E-state index is 0.0610. The second-order valence-electron chi connectivity index (χ2n) is 5.13. The van der Waals surface area contributed by atoms with Crippen LogP contribution in [-0.2, 0) is 19.1 Å². The highest BCUT2D eigenvalue weighted by atomic mass is 16.6. The summed E-state index contributed by atoms with van der Waals surface area (Å²) in [5.74, 6) is -2.57. The summed E-state index contributed by atoms with van der Waals surface area (Å²) in [5.41, 5.74) is 10.1. The zero-order chi connectivity index (χ0) is 17.4. The van der Waals surface area contributed by atoms with Crippen LogP contribution in [0.3, 0.4) is 0 Å². The molecule has 3 heterocycles. The Bertz CT molecular complexity index is 859. The van der Waals surface area contributed by atoms with E-state index in [9.17, 15) is 19.5 Å². The van der Waals surface area contributed by atoms with Crippen LogP contribution in [0.4, 0.5) is 5.95 Å². The van der Waals surface area contributed by atoms with E-state index in [0.717, 1.165) is 0 Å². The highest BCUT2D eigenvalue weighted by Crippen LogP contribution is 2.32. The van der Waals surface area contributed by atoms with Gasteiger partial charge in [-0.25, -0.2) is 9.78 Å². The molecule has 12 heteroatoms. The summed E-state index contributed by atoms with van der Waals surface area (Å²) in [6.07, 6.45) is -1.06. The summed E-state index contributed by atoms with van der Waals surface area (Å²) in [4.78, 5) is 44.2. The molecule has 3 rings (SSSR count). The second kappa shape index (κ2) is 5.90. The number of aliphatic hydroxyl groups is 1. The molecule has 2 aromatic heterocycles. The lowest BCUT2D eigenvalue weighted by Crippen LogP contribution is -2.35. The van der Waals surface area contributed by atoms with Gasteiger partial charge in [0.2, 0.25) is 5.95 Å². The fourth-order valence-corrected chi connectivity index (χ4v) is 2.51. The van der Waals surface area contributed by atoms with Crippen molar-refractivity contribution in [3.8, 4) is 0 Å². The number of anilines is 1. The molecule has 1 aliphatic heterocycles. The van der Waals surface area contributed by atoms with Crippen LogP contribution < -0.4 is 17.0 Å². The third-order valence-electron chi connectivity index (χ3n) is 3.58. The first kappa shape index (κ1) is 15.9. The van der Waals surface area contributed by atoms with Crippen molar-refractivity contribution in [3.63, 3.8) is 0 Å². The molecule has 0 unspecified atom stereocenters. The minimum atomic E-state index is -1.25. The molecule has 1 amide bonds. The van der Waals surface area contributed by atoms with Gasteiger partial charge in [-0.15, -0.1) is 0 Å². The van der Waals surface area contributed by atoms with Gasteiger partial charge in [-0.2, -0.15) is 4.98 Å². The van der Waals surface area contributed by atoms with E-state index in [2.05, 4.69) is 15.0 Å². The maximum Gasteiger partial charge on any atom is 0.396 e. The third kappa shape index (κ3) is 2.68. The number of nitrogens with one attached hydrogen (secondary N) is 1. The average molecular weight is 338 g/mol. The number of imidazole rings is 1. The average Bonchev–Trinajstić information content (AvgIpc) is 3.10. The van der Waals surface area contributed by atoms with E-state index in [1.807, 2.05) is 0 Å². The molecule has 1 saturated heterocycles. The van der Waals surface area contributed by atoms with Crippen LogP contribution in [0.2, 0.25) is 0 Å². The fraction of sp³-hybridized carbons (Fsp3) is 0.417. The van der Waals surface area contributed by atoms with Gasteiger partial charge in [0, 0.05) is 6.42 Å².